The quantitative estimate of drug-likeness (QED) is 0.797. The van der Waals surface area contributed by atoms with E-state index < -0.39 is 12.1 Å². The SMILES string of the molecule is C[C@@H](N)[C@@H](O)c1cc(Cl)cc(Cl)c1Cl. The lowest BCUT2D eigenvalue weighted by molar-refractivity contribution is 0.153. The summed E-state index contributed by atoms with van der Waals surface area (Å²) in [6, 6.07) is 2.65. The van der Waals surface area contributed by atoms with Crippen LogP contribution in [0.2, 0.25) is 15.1 Å². The minimum absolute atomic E-state index is 0.292. The molecule has 1 aromatic rings. The first-order chi connectivity index (χ1) is 6.43. The second-order valence-corrected chi connectivity index (χ2v) is 4.32. The van der Waals surface area contributed by atoms with Gasteiger partial charge in [0.1, 0.15) is 0 Å². The van der Waals surface area contributed by atoms with Gasteiger partial charge in [-0.05, 0) is 19.1 Å². The Bertz CT molecular complexity index is 341. The van der Waals surface area contributed by atoms with Crippen LogP contribution in [0.15, 0.2) is 12.1 Å². The molecule has 14 heavy (non-hydrogen) atoms. The standard InChI is InChI=1S/C9H10Cl3NO/c1-4(13)9(14)6-2-5(10)3-7(11)8(6)12/h2-4,9,14H,13H2,1H3/t4-,9-/m1/s1. The van der Waals surface area contributed by atoms with Gasteiger partial charge < -0.3 is 10.8 Å². The van der Waals surface area contributed by atoms with Crippen LogP contribution in [-0.4, -0.2) is 11.1 Å². The van der Waals surface area contributed by atoms with Crippen LogP contribution in [0.4, 0.5) is 0 Å². The highest BCUT2D eigenvalue weighted by atomic mass is 35.5. The minimum atomic E-state index is -0.862. The molecule has 0 aliphatic heterocycles. The maximum atomic E-state index is 9.70. The molecule has 0 aromatic heterocycles. The third-order valence-electron chi connectivity index (χ3n) is 1.84. The van der Waals surface area contributed by atoms with Crippen molar-refractivity contribution in [3.05, 3.63) is 32.8 Å². The molecule has 0 aliphatic carbocycles. The first-order valence-electron chi connectivity index (χ1n) is 4.01. The summed E-state index contributed by atoms with van der Waals surface area (Å²) in [7, 11) is 0. The second-order valence-electron chi connectivity index (χ2n) is 3.09. The van der Waals surface area contributed by atoms with Crippen molar-refractivity contribution >= 4 is 34.8 Å². The van der Waals surface area contributed by atoms with E-state index in [0.717, 1.165) is 0 Å². The smallest absolute Gasteiger partial charge is 0.0953 e. The molecule has 0 bridgehead atoms. The molecule has 0 saturated heterocycles. The highest BCUT2D eigenvalue weighted by Crippen LogP contribution is 2.34. The predicted molar refractivity (Wildman–Crippen MR) is 60.1 cm³/mol. The van der Waals surface area contributed by atoms with Gasteiger partial charge in [-0.2, -0.15) is 0 Å². The van der Waals surface area contributed by atoms with Gasteiger partial charge in [-0.1, -0.05) is 34.8 Å². The maximum Gasteiger partial charge on any atom is 0.0953 e. The third-order valence-corrected chi connectivity index (χ3v) is 2.87. The summed E-state index contributed by atoms with van der Waals surface area (Å²) in [6.07, 6.45) is -0.862. The fourth-order valence-electron chi connectivity index (χ4n) is 1.07. The van der Waals surface area contributed by atoms with Gasteiger partial charge in [-0.15, -0.1) is 0 Å². The molecule has 0 aliphatic rings. The summed E-state index contributed by atoms with van der Waals surface area (Å²) >= 11 is 17.5. The number of halogens is 3. The molecule has 0 heterocycles. The highest BCUT2D eigenvalue weighted by Gasteiger charge is 2.18. The molecule has 2 atom stereocenters. The van der Waals surface area contributed by atoms with E-state index in [1.165, 1.54) is 6.07 Å². The van der Waals surface area contributed by atoms with Crippen molar-refractivity contribution in [1.82, 2.24) is 0 Å². The topological polar surface area (TPSA) is 46.2 Å². The van der Waals surface area contributed by atoms with Crippen molar-refractivity contribution in [1.29, 1.82) is 0 Å². The molecule has 0 unspecified atom stereocenters. The largest absolute Gasteiger partial charge is 0.387 e. The number of nitrogens with two attached hydrogens (primary N) is 1. The van der Waals surface area contributed by atoms with Crippen LogP contribution in [0, 0.1) is 0 Å². The zero-order valence-corrected chi connectivity index (χ0v) is 9.74. The van der Waals surface area contributed by atoms with Gasteiger partial charge in [0.15, 0.2) is 0 Å². The Kier molecular flexibility index (Phi) is 4.04. The van der Waals surface area contributed by atoms with Crippen molar-refractivity contribution in [2.45, 2.75) is 19.1 Å². The van der Waals surface area contributed by atoms with Crippen molar-refractivity contribution in [3.63, 3.8) is 0 Å². The first-order valence-corrected chi connectivity index (χ1v) is 5.15. The summed E-state index contributed by atoms with van der Waals surface area (Å²) in [4.78, 5) is 0. The van der Waals surface area contributed by atoms with Gasteiger partial charge in [0.25, 0.3) is 0 Å². The summed E-state index contributed by atoms with van der Waals surface area (Å²) < 4.78 is 0. The molecule has 3 N–H and O–H groups in total. The number of aliphatic hydroxyl groups excluding tert-OH is 1. The molecule has 0 amide bonds. The number of aliphatic hydroxyl groups is 1. The molecule has 5 heteroatoms. The maximum absolute atomic E-state index is 9.70. The lowest BCUT2D eigenvalue weighted by atomic mass is 10.0. The molecular formula is C9H10Cl3NO. The fourth-order valence-corrected chi connectivity index (χ4v) is 1.80. The number of hydrogen-bond donors (Lipinski definition) is 2. The Morgan fingerprint density at radius 2 is 1.86 bits per heavy atom. The van der Waals surface area contributed by atoms with Gasteiger partial charge in [0.05, 0.1) is 16.1 Å². The number of benzene rings is 1. The van der Waals surface area contributed by atoms with Crippen LogP contribution in [0.3, 0.4) is 0 Å². The molecule has 0 spiro atoms. The summed E-state index contributed by atoms with van der Waals surface area (Å²) in [5, 5.41) is 10.7. The Balaban J connectivity index is 3.20. The molecule has 1 aromatic carbocycles. The summed E-state index contributed by atoms with van der Waals surface area (Å²) in [5.74, 6) is 0. The lowest BCUT2D eigenvalue weighted by Crippen LogP contribution is -2.24. The first kappa shape index (κ1) is 12.1. The van der Waals surface area contributed by atoms with E-state index >= 15 is 0 Å². The Hall–Kier alpha value is 0.01000. The van der Waals surface area contributed by atoms with Gasteiger partial charge in [0.2, 0.25) is 0 Å². The van der Waals surface area contributed by atoms with Crippen LogP contribution in [0.5, 0.6) is 0 Å². The molecule has 1 rings (SSSR count). The Labute approximate surface area is 97.6 Å². The van der Waals surface area contributed by atoms with Crippen LogP contribution >= 0.6 is 34.8 Å². The molecule has 0 saturated carbocycles. The predicted octanol–water partition coefficient (Wildman–Crippen LogP) is 3.03. The van der Waals surface area contributed by atoms with Gasteiger partial charge in [0, 0.05) is 16.6 Å². The lowest BCUT2D eigenvalue weighted by Gasteiger charge is -2.17. The van der Waals surface area contributed by atoms with Gasteiger partial charge in [-0.3, -0.25) is 0 Å². The molecule has 78 valence electrons. The zero-order chi connectivity index (χ0) is 10.9. The summed E-state index contributed by atoms with van der Waals surface area (Å²) in [5.41, 5.74) is 6.00. The second kappa shape index (κ2) is 4.69. The van der Waals surface area contributed by atoms with Gasteiger partial charge >= 0.3 is 0 Å². The van der Waals surface area contributed by atoms with E-state index in [9.17, 15) is 5.11 Å². The van der Waals surface area contributed by atoms with E-state index in [0.29, 0.717) is 20.6 Å². The molecule has 2 nitrogen and oxygen atoms in total. The molecule has 0 fully saturated rings. The average molecular weight is 255 g/mol. The third kappa shape index (κ3) is 2.53. The fraction of sp³-hybridized carbons (Fsp3) is 0.333. The zero-order valence-electron chi connectivity index (χ0n) is 7.47. The van der Waals surface area contributed by atoms with E-state index in [2.05, 4.69) is 0 Å². The van der Waals surface area contributed by atoms with Crippen molar-refractivity contribution < 1.29 is 5.11 Å². The van der Waals surface area contributed by atoms with E-state index in [1.807, 2.05) is 0 Å². The van der Waals surface area contributed by atoms with E-state index in [4.69, 9.17) is 40.5 Å². The normalized spacial score (nSPS) is 15.3. The van der Waals surface area contributed by atoms with Crippen LogP contribution in [-0.2, 0) is 0 Å². The monoisotopic (exact) mass is 253 g/mol. The van der Waals surface area contributed by atoms with E-state index in [-0.39, 0.29) is 0 Å². The Morgan fingerprint density at radius 1 is 1.29 bits per heavy atom. The van der Waals surface area contributed by atoms with Crippen molar-refractivity contribution in [2.75, 3.05) is 0 Å². The average Bonchev–Trinajstić information content (AvgIpc) is 2.09. The Morgan fingerprint density at radius 3 is 2.36 bits per heavy atom. The van der Waals surface area contributed by atoms with Crippen molar-refractivity contribution in [2.24, 2.45) is 5.73 Å². The van der Waals surface area contributed by atoms with Crippen LogP contribution in [0.25, 0.3) is 0 Å². The number of rotatable bonds is 2. The van der Waals surface area contributed by atoms with Crippen LogP contribution in [0.1, 0.15) is 18.6 Å². The highest BCUT2D eigenvalue weighted by molar-refractivity contribution is 6.43. The minimum Gasteiger partial charge on any atom is -0.387 e. The van der Waals surface area contributed by atoms with Crippen molar-refractivity contribution in [3.8, 4) is 0 Å². The van der Waals surface area contributed by atoms with E-state index in [1.54, 1.807) is 13.0 Å². The summed E-state index contributed by atoms with van der Waals surface area (Å²) in [6.45, 7) is 1.68. The number of hydrogen-bond acceptors (Lipinski definition) is 2. The van der Waals surface area contributed by atoms with Crippen LogP contribution < -0.4 is 5.73 Å². The molecule has 0 radical (unpaired) electrons. The van der Waals surface area contributed by atoms with Gasteiger partial charge in [-0.25, -0.2) is 0 Å². The molecular weight excluding hydrogens is 244 g/mol.